The molecule has 0 radical (unpaired) electrons. The zero-order valence-electron chi connectivity index (χ0n) is 14.8. The lowest BCUT2D eigenvalue weighted by molar-refractivity contribution is 0.0780. The zero-order valence-corrected chi connectivity index (χ0v) is 14.8. The molecular formula is C18H22N6O. The standard InChI is InChI=1S/C18H22N6O/c1-11-5-6-13(8-14(11)18(3,4)25)20-16-9-19-10-17(22-16)21-15-7-12(2)23-24-15/h5-10,25H,1-4H3,(H3,20,21,22,23,24). The van der Waals surface area contributed by atoms with Crippen LogP contribution >= 0.6 is 0 Å². The molecule has 0 aliphatic heterocycles. The second-order valence-electron chi connectivity index (χ2n) is 6.56. The number of aromatic amines is 1. The Balaban J connectivity index is 1.80. The van der Waals surface area contributed by atoms with Crippen molar-refractivity contribution in [1.82, 2.24) is 20.2 Å². The number of hydrogen-bond acceptors (Lipinski definition) is 6. The highest BCUT2D eigenvalue weighted by atomic mass is 16.3. The van der Waals surface area contributed by atoms with Crippen molar-refractivity contribution in [3.63, 3.8) is 0 Å². The van der Waals surface area contributed by atoms with Gasteiger partial charge in [-0.2, -0.15) is 5.10 Å². The molecule has 4 N–H and O–H groups in total. The first-order valence-corrected chi connectivity index (χ1v) is 8.03. The van der Waals surface area contributed by atoms with Crippen molar-refractivity contribution in [2.45, 2.75) is 33.3 Å². The van der Waals surface area contributed by atoms with E-state index in [1.807, 2.05) is 38.1 Å². The summed E-state index contributed by atoms with van der Waals surface area (Å²) < 4.78 is 0. The highest BCUT2D eigenvalue weighted by Gasteiger charge is 2.18. The first-order chi connectivity index (χ1) is 11.8. The van der Waals surface area contributed by atoms with Crippen LogP contribution in [-0.4, -0.2) is 25.3 Å². The van der Waals surface area contributed by atoms with Gasteiger partial charge < -0.3 is 15.7 Å². The van der Waals surface area contributed by atoms with Crippen molar-refractivity contribution in [1.29, 1.82) is 0 Å². The van der Waals surface area contributed by atoms with Crippen molar-refractivity contribution >= 4 is 23.1 Å². The first-order valence-electron chi connectivity index (χ1n) is 8.03. The molecule has 3 aromatic rings. The summed E-state index contributed by atoms with van der Waals surface area (Å²) >= 11 is 0. The third kappa shape index (κ3) is 4.13. The molecule has 0 bridgehead atoms. The normalized spacial score (nSPS) is 11.4. The topological polar surface area (TPSA) is 98.8 Å². The Labute approximate surface area is 146 Å². The maximum absolute atomic E-state index is 10.3. The number of hydrogen-bond donors (Lipinski definition) is 4. The molecule has 0 aliphatic rings. The van der Waals surface area contributed by atoms with Crippen LogP contribution in [0.25, 0.3) is 0 Å². The van der Waals surface area contributed by atoms with Crippen LogP contribution in [0.1, 0.15) is 30.7 Å². The van der Waals surface area contributed by atoms with Gasteiger partial charge in [-0.1, -0.05) is 6.07 Å². The number of benzene rings is 1. The Morgan fingerprint density at radius 1 is 1.00 bits per heavy atom. The van der Waals surface area contributed by atoms with E-state index in [-0.39, 0.29) is 0 Å². The van der Waals surface area contributed by atoms with Gasteiger partial charge in [0.1, 0.15) is 0 Å². The van der Waals surface area contributed by atoms with Crippen LogP contribution in [0.3, 0.4) is 0 Å². The van der Waals surface area contributed by atoms with Gasteiger partial charge in [0, 0.05) is 17.4 Å². The quantitative estimate of drug-likeness (QED) is 0.568. The number of aliphatic hydroxyl groups is 1. The predicted octanol–water partition coefficient (Wildman–Crippen LogP) is 3.53. The van der Waals surface area contributed by atoms with Gasteiger partial charge in [-0.25, -0.2) is 4.98 Å². The lowest BCUT2D eigenvalue weighted by Crippen LogP contribution is -2.17. The van der Waals surface area contributed by atoms with E-state index in [4.69, 9.17) is 0 Å². The SMILES string of the molecule is Cc1cc(Nc2cncc(Nc3ccc(C)c(C(C)(C)O)c3)n2)n[nH]1. The summed E-state index contributed by atoms with van der Waals surface area (Å²) in [5.41, 5.74) is 2.79. The highest BCUT2D eigenvalue weighted by molar-refractivity contribution is 5.60. The molecule has 2 heterocycles. The molecule has 0 spiro atoms. The number of nitrogens with one attached hydrogen (secondary N) is 3. The van der Waals surface area contributed by atoms with Crippen molar-refractivity contribution in [3.05, 3.63) is 53.5 Å². The Bertz CT molecular complexity index is 881. The average Bonchev–Trinajstić information content (AvgIpc) is 2.93. The molecule has 0 atom stereocenters. The molecule has 0 aliphatic carbocycles. The molecular weight excluding hydrogens is 316 g/mol. The molecule has 0 amide bonds. The van der Waals surface area contributed by atoms with E-state index in [0.29, 0.717) is 17.5 Å². The van der Waals surface area contributed by atoms with Gasteiger partial charge in [0.15, 0.2) is 17.5 Å². The lowest BCUT2D eigenvalue weighted by Gasteiger charge is -2.21. The largest absolute Gasteiger partial charge is 0.386 e. The predicted molar refractivity (Wildman–Crippen MR) is 98.3 cm³/mol. The van der Waals surface area contributed by atoms with Gasteiger partial charge in [0.05, 0.1) is 18.0 Å². The summed E-state index contributed by atoms with van der Waals surface area (Å²) in [6, 6.07) is 7.73. The Kier molecular flexibility index (Phi) is 4.41. The fourth-order valence-corrected chi connectivity index (χ4v) is 2.61. The summed E-state index contributed by atoms with van der Waals surface area (Å²) in [7, 11) is 0. The maximum atomic E-state index is 10.3. The number of aromatic nitrogens is 4. The summed E-state index contributed by atoms with van der Waals surface area (Å²) in [6.45, 7) is 7.46. The van der Waals surface area contributed by atoms with Crippen LogP contribution in [0.15, 0.2) is 36.7 Å². The Morgan fingerprint density at radius 2 is 1.72 bits per heavy atom. The number of anilines is 4. The molecule has 7 heteroatoms. The molecule has 0 saturated carbocycles. The second kappa shape index (κ2) is 6.52. The molecule has 0 unspecified atom stereocenters. The first kappa shape index (κ1) is 16.9. The van der Waals surface area contributed by atoms with Gasteiger partial charge in [-0.15, -0.1) is 0 Å². The maximum Gasteiger partial charge on any atom is 0.153 e. The van der Waals surface area contributed by atoms with Gasteiger partial charge in [-0.05, 0) is 51.0 Å². The summed E-state index contributed by atoms with van der Waals surface area (Å²) in [5, 5.41) is 23.6. The fraction of sp³-hybridized carbons (Fsp3) is 0.278. The Hall–Kier alpha value is -2.93. The van der Waals surface area contributed by atoms with E-state index >= 15 is 0 Å². The summed E-state index contributed by atoms with van der Waals surface area (Å²) in [5.74, 6) is 1.87. The van der Waals surface area contributed by atoms with Crippen molar-refractivity contribution < 1.29 is 5.11 Å². The van der Waals surface area contributed by atoms with Gasteiger partial charge in [-0.3, -0.25) is 10.1 Å². The molecule has 1 aromatic carbocycles. The van der Waals surface area contributed by atoms with Crippen LogP contribution in [0.5, 0.6) is 0 Å². The van der Waals surface area contributed by atoms with E-state index in [1.165, 1.54) is 0 Å². The van der Waals surface area contributed by atoms with Crippen molar-refractivity contribution in [2.75, 3.05) is 10.6 Å². The summed E-state index contributed by atoms with van der Waals surface area (Å²) in [4.78, 5) is 8.68. The van der Waals surface area contributed by atoms with Gasteiger partial charge >= 0.3 is 0 Å². The minimum atomic E-state index is -0.908. The minimum Gasteiger partial charge on any atom is -0.386 e. The molecule has 7 nitrogen and oxygen atoms in total. The number of nitrogens with zero attached hydrogens (tertiary/aromatic N) is 3. The third-order valence-electron chi connectivity index (χ3n) is 3.77. The van der Waals surface area contributed by atoms with E-state index in [9.17, 15) is 5.11 Å². The van der Waals surface area contributed by atoms with Crippen LogP contribution < -0.4 is 10.6 Å². The molecule has 0 fully saturated rings. The van der Waals surface area contributed by atoms with Crippen LogP contribution in [-0.2, 0) is 5.60 Å². The third-order valence-corrected chi connectivity index (χ3v) is 3.77. The molecule has 25 heavy (non-hydrogen) atoms. The smallest absolute Gasteiger partial charge is 0.153 e. The molecule has 2 aromatic heterocycles. The summed E-state index contributed by atoms with van der Waals surface area (Å²) in [6.07, 6.45) is 3.27. The fourth-order valence-electron chi connectivity index (χ4n) is 2.61. The van der Waals surface area contributed by atoms with Gasteiger partial charge in [0.25, 0.3) is 0 Å². The number of H-pyrrole nitrogens is 1. The van der Waals surface area contributed by atoms with E-state index in [2.05, 4.69) is 30.8 Å². The monoisotopic (exact) mass is 338 g/mol. The highest BCUT2D eigenvalue weighted by Crippen LogP contribution is 2.27. The second-order valence-corrected chi connectivity index (χ2v) is 6.56. The molecule has 0 saturated heterocycles. The van der Waals surface area contributed by atoms with Crippen molar-refractivity contribution in [3.8, 4) is 0 Å². The molecule has 130 valence electrons. The van der Waals surface area contributed by atoms with Gasteiger partial charge in [0.2, 0.25) is 0 Å². The van der Waals surface area contributed by atoms with E-state index in [1.54, 1.807) is 26.2 Å². The Morgan fingerprint density at radius 3 is 2.36 bits per heavy atom. The van der Waals surface area contributed by atoms with E-state index in [0.717, 1.165) is 22.5 Å². The van der Waals surface area contributed by atoms with E-state index < -0.39 is 5.60 Å². The van der Waals surface area contributed by atoms with Crippen LogP contribution in [0.4, 0.5) is 23.1 Å². The lowest BCUT2D eigenvalue weighted by atomic mass is 9.93. The van der Waals surface area contributed by atoms with Crippen LogP contribution in [0, 0.1) is 13.8 Å². The van der Waals surface area contributed by atoms with Crippen LogP contribution in [0.2, 0.25) is 0 Å². The minimum absolute atomic E-state index is 0.589. The zero-order chi connectivity index (χ0) is 18.0. The van der Waals surface area contributed by atoms with Crippen molar-refractivity contribution in [2.24, 2.45) is 0 Å². The molecule has 3 rings (SSSR count). The number of rotatable bonds is 5. The average molecular weight is 338 g/mol. The number of aryl methyl sites for hydroxylation is 2.